The van der Waals surface area contributed by atoms with Gasteiger partial charge in [0.1, 0.15) is 5.54 Å². The molecule has 0 radical (unpaired) electrons. The Bertz CT molecular complexity index is 503. The molecule has 0 heterocycles. The van der Waals surface area contributed by atoms with Gasteiger partial charge in [0, 0.05) is 15.9 Å². The second kappa shape index (κ2) is 6.39. The molecule has 0 aliphatic carbocycles. The van der Waals surface area contributed by atoms with Crippen molar-refractivity contribution in [3.8, 4) is 0 Å². The second-order valence-corrected chi connectivity index (χ2v) is 6.00. The molecule has 0 atom stereocenters. The Hall–Kier alpha value is -1.07. The molecule has 4 nitrogen and oxygen atoms in total. The molecule has 1 amide bonds. The van der Waals surface area contributed by atoms with E-state index < -0.39 is 11.5 Å². The minimum Gasteiger partial charge on any atom is -0.480 e. The lowest BCUT2D eigenvalue weighted by molar-refractivity contribution is -0.146. The minimum atomic E-state index is -1.26. The maximum absolute atomic E-state index is 11.7. The number of hydrogen-bond acceptors (Lipinski definition) is 2. The number of amides is 1. The van der Waals surface area contributed by atoms with Crippen molar-refractivity contribution in [1.82, 2.24) is 5.32 Å². The van der Waals surface area contributed by atoms with Gasteiger partial charge in [-0.3, -0.25) is 4.79 Å². The Balaban J connectivity index is 2.60. The van der Waals surface area contributed by atoms with E-state index in [1.54, 1.807) is 12.1 Å². The first-order chi connectivity index (χ1) is 8.72. The second-order valence-electron chi connectivity index (χ2n) is 4.71. The van der Waals surface area contributed by atoms with Gasteiger partial charge in [0.25, 0.3) is 0 Å². The number of carbonyl (C=O) groups excluding carboxylic acids is 1. The van der Waals surface area contributed by atoms with Crippen molar-refractivity contribution in [2.45, 2.75) is 32.2 Å². The van der Waals surface area contributed by atoms with Crippen LogP contribution in [-0.4, -0.2) is 22.5 Å². The van der Waals surface area contributed by atoms with Crippen LogP contribution in [0.25, 0.3) is 0 Å². The Kier molecular flexibility index (Phi) is 5.38. The summed E-state index contributed by atoms with van der Waals surface area (Å²) in [6.07, 6.45) is 0.693. The summed E-state index contributed by atoms with van der Waals surface area (Å²) in [6, 6.07) is 5.35. The fraction of sp³-hybridized carbons (Fsp3) is 0.385. The van der Waals surface area contributed by atoms with E-state index in [4.69, 9.17) is 16.7 Å². The van der Waals surface area contributed by atoms with Gasteiger partial charge >= 0.3 is 5.97 Å². The number of halogens is 2. The average molecular weight is 349 g/mol. The van der Waals surface area contributed by atoms with Gasteiger partial charge in [0.15, 0.2) is 0 Å². The lowest BCUT2D eigenvalue weighted by atomic mass is 10.0. The van der Waals surface area contributed by atoms with Crippen LogP contribution in [0, 0.1) is 0 Å². The summed E-state index contributed by atoms with van der Waals surface area (Å²) in [4.78, 5) is 22.6. The van der Waals surface area contributed by atoms with Crippen molar-refractivity contribution >= 4 is 39.4 Å². The lowest BCUT2D eigenvalue weighted by Crippen LogP contribution is -2.49. The highest BCUT2D eigenvalue weighted by atomic mass is 79.9. The number of aryl methyl sites for hydroxylation is 1. The molecule has 6 heteroatoms. The van der Waals surface area contributed by atoms with Gasteiger partial charge < -0.3 is 10.4 Å². The summed E-state index contributed by atoms with van der Waals surface area (Å²) in [5.41, 5.74) is -0.349. The van der Waals surface area contributed by atoms with Gasteiger partial charge in [0.05, 0.1) is 0 Å². The van der Waals surface area contributed by atoms with Crippen LogP contribution in [0.2, 0.25) is 5.02 Å². The van der Waals surface area contributed by atoms with Crippen LogP contribution >= 0.6 is 27.5 Å². The van der Waals surface area contributed by atoms with Crippen molar-refractivity contribution in [1.29, 1.82) is 0 Å². The molecule has 0 bridgehead atoms. The molecule has 19 heavy (non-hydrogen) atoms. The van der Waals surface area contributed by atoms with Crippen LogP contribution in [0.1, 0.15) is 25.8 Å². The first-order valence-corrected chi connectivity index (χ1v) is 6.88. The number of rotatable bonds is 5. The van der Waals surface area contributed by atoms with E-state index in [2.05, 4.69) is 21.2 Å². The standard InChI is InChI=1S/C13H15BrClNO3/c1-13(2,12(18)19)16-11(17)6-3-8-7-9(15)4-5-10(8)14/h4-5,7H,3,6H2,1-2H3,(H,16,17)(H,18,19). The van der Waals surface area contributed by atoms with Gasteiger partial charge in [-0.1, -0.05) is 27.5 Å². The van der Waals surface area contributed by atoms with Crippen LogP contribution in [0.3, 0.4) is 0 Å². The third kappa shape index (κ3) is 4.84. The van der Waals surface area contributed by atoms with Crippen LogP contribution < -0.4 is 5.32 Å². The average Bonchev–Trinajstić information content (AvgIpc) is 2.29. The number of benzene rings is 1. The van der Waals surface area contributed by atoms with E-state index in [1.165, 1.54) is 13.8 Å². The molecule has 0 unspecified atom stereocenters. The van der Waals surface area contributed by atoms with Crippen LogP contribution in [0.4, 0.5) is 0 Å². The molecule has 1 aromatic rings. The van der Waals surface area contributed by atoms with Crippen molar-refractivity contribution in [2.24, 2.45) is 0 Å². The predicted molar refractivity (Wildman–Crippen MR) is 77.3 cm³/mol. The molecule has 0 spiro atoms. The Morgan fingerprint density at radius 1 is 1.42 bits per heavy atom. The fourth-order valence-electron chi connectivity index (χ4n) is 1.45. The number of aliphatic carboxylic acids is 1. The summed E-state index contributed by atoms with van der Waals surface area (Å²) < 4.78 is 0.877. The topological polar surface area (TPSA) is 66.4 Å². The van der Waals surface area contributed by atoms with E-state index in [0.29, 0.717) is 11.4 Å². The van der Waals surface area contributed by atoms with Crippen molar-refractivity contribution in [3.05, 3.63) is 33.3 Å². The zero-order valence-electron chi connectivity index (χ0n) is 10.7. The molecule has 0 fully saturated rings. The first kappa shape index (κ1) is 16.0. The Morgan fingerprint density at radius 2 is 2.05 bits per heavy atom. The summed E-state index contributed by atoms with van der Waals surface area (Å²) in [5, 5.41) is 12.0. The zero-order chi connectivity index (χ0) is 14.6. The zero-order valence-corrected chi connectivity index (χ0v) is 13.0. The summed E-state index contributed by atoms with van der Waals surface area (Å²) in [6.45, 7) is 2.89. The highest BCUT2D eigenvalue weighted by Gasteiger charge is 2.28. The van der Waals surface area contributed by atoms with E-state index in [9.17, 15) is 9.59 Å². The maximum atomic E-state index is 11.7. The van der Waals surface area contributed by atoms with Gasteiger partial charge in [-0.2, -0.15) is 0 Å². The number of carboxylic acids is 1. The molecule has 0 aromatic heterocycles. The van der Waals surface area contributed by atoms with E-state index in [1.807, 2.05) is 6.07 Å². The van der Waals surface area contributed by atoms with Crippen LogP contribution in [0.5, 0.6) is 0 Å². The summed E-state index contributed by atoms with van der Waals surface area (Å²) in [5.74, 6) is -1.37. The predicted octanol–water partition coefficient (Wildman–Crippen LogP) is 3.01. The Labute approximate surface area is 125 Å². The minimum absolute atomic E-state index is 0.204. The molecule has 2 N–H and O–H groups in total. The molecular formula is C13H15BrClNO3. The molecule has 1 rings (SSSR count). The third-order valence-corrected chi connectivity index (χ3v) is 3.62. The molecule has 0 saturated carbocycles. The van der Waals surface area contributed by atoms with E-state index in [-0.39, 0.29) is 12.3 Å². The van der Waals surface area contributed by atoms with Crippen molar-refractivity contribution < 1.29 is 14.7 Å². The molecule has 0 aliphatic heterocycles. The largest absolute Gasteiger partial charge is 0.480 e. The van der Waals surface area contributed by atoms with Crippen LogP contribution in [-0.2, 0) is 16.0 Å². The quantitative estimate of drug-likeness (QED) is 0.859. The SMILES string of the molecule is CC(C)(NC(=O)CCc1cc(Cl)ccc1Br)C(=O)O. The highest BCUT2D eigenvalue weighted by molar-refractivity contribution is 9.10. The highest BCUT2D eigenvalue weighted by Crippen LogP contribution is 2.22. The molecule has 0 saturated heterocycles. The smallest absolute Gasteiger partial charge is 0.328 e. The Morgan fingerprint density at radius 3 is 2.63 bits per heavy atom. The van der Waals surface area contributed by atoms with Crippen molar-refractivity contribution in [2.75, 3.05) is 0 Å². The summed E-state index contributed by atoms with van der Waals surface area (Å²) in [7, 11) is 0. The molecule has 0 aliphatic rings. The van der Waals surface area contributed by atoms with Gasteiger partial charge in [-0.25, -0.2) is 4.79 Å². The molecular weight excluding hydrogens is 334 g/mol. The van der Waals surface area contributed by atoms with E-state index >= 15 is 0 Å². The van der Waals surface area contributed by atoms with Crippen LogP contribution in [0.15, 0.2) is 22.7 Å². The van der Waals surface area contributed by atoms with E-state index in [0.717, 1.165) is 10.0 Å². The number of carboxylic acid groups (broad SMARTS) is 1. The third-order valence-electron chi connectivity index (χ3n) is 2.62. The first-order valence-electron chi connectivity index (χ1n) is 5.70. The fourth-order valence-corrected chi connectivity index (χ4v) is 2.09. The van der Waals surface area contributed by atoms with Gasteiger partial charge in [0.2, 0.25) is 5.91 Å². The molecule has 1 aromatic carbocycles. The monoisotopic (exact) mass is 347 g/mol. The van der Waals surface area contributed by atoms with Gasteiger partial charge in [-0.05, 0) is 44.0 Å². The maximum Gasteiger partial charge on any atom is 0.328 e. The molecule has 104 valence electrons. The normalized spacial score (nSPS) is 11.2. The van der Waals surface area contributed by atoms with Crippen molar-refractivity contribution in [3.63, 3.8) is 0 Å². The van der Waals surface area contributed by atoms with Gasteiger partial charge in [-0.15, -0.1) is 0 Å². The number of carbonyl (C=O) groups is 2. The number of nitrogens with one attached hydrogen (secondary N) is 1. The number of hydrogen-bond donors (Lipinski definition) is 2. The lowest BCUT2D eigenvalue weighted by Gasteiger charge is -2.21. The summed E-state index contributed by atoms with van der Waals surface area (Å²) >= 11 is 9.26.